The largest absolute Gasteiger partial charge is 0.383 e. The van der Waals surface area contributed by atoms with Crippen LogP contribution in [0.1, 0.15) is 40.5 Å². The Kier molecular flexibility index (Phi) is 6.18. The summed E-state index contributed by atoms with van der Waals surface area (Å²) in [4.78, 5) is 26.9. The number of nitrogen functional groups attached to an aromatic ring is 1. The number of hydrogen-bond donors (Lipinski definition) is 1. The van der Waals surface area contributed by atoms with E-state index in [2.05, 4.69) is 15.0 Å². The Labute approximate surface area is 180 Å². The molecule has 0 saturated carbocycles. The van der Waals surface area contributed by atoms with Gasteiger partial charge in [-0.1, -0.05) is 6.07 Å². The summed E-state index contributed by atoms with van der Waals surface area (Å²) in [5.41, 5.74) is 8.51. The van der Waals surface area contributed by atoms with Gasteiger partial charge in [-0.3, -0.25) is 4.79 Å². The van der Waals surface area contributed by atoms with Crippen LogP contribution in [0.25, 0.3) is 11.1 Å². The zero-order valence-corrected chi connectivity index (χ0v) is 17.3. The highest BCUT2D eigenvalue weighted by atomic mass is 19.1. The average molecular weight is 421 g/mol. The number of pyridine rings is 1. The molecule has 1 amide bonds. The SMILES string of the molecule is CN(Cc1ncccn1)C(=O)c1cc(-c2cc(C3CCOCC3)cnc2N)ccc1F. The highest BCUT2D eigenvalue weighted by molar-refractivity contribution is 5.96. The van der Waals surface area contributed by atoms with Gasteiger partial charge in [0, 0.05) is 44.4 Å². The van der Waals surface area contributed by atoms with Crippen molar-refractivity contribution >= 4 is 11.7 Å². The fourth-order valence-corrected chi connectivity index (χ4v) is 3.73. The summed E-state index contributed by atoms with van der Waals surface area (Å²) in [5.74, 6) is 0.110. The monoisotopic (exact) mass is 421 g/mol. The zero-order valence-electron chi connectivity index (χ0n) is 17.3. The van der Waals surface area contributed by atoms with Crippen LogP contribution in [-0.4, -0.2) is 46.0 Å². The Morgan fingerprint density at radius 2 is 1.94 bits per heavy atom. The lowest BCUT2D eigenvalue weighted by Gasteiger charge is -2.23. The minimum absolute atomic E-state index is 0.0354. The van der Waals surface area contributed by atoms with E-state index in [0.29, 0.717) is 28.7 Å². The van der Waals surface area contributed by atoms with E-state index in [1.54, 1.807) is 37.8 Å². The second-order valence-corrected chi connectivity index (χ2v) is 7.61. The molecule has 2 aromatic heterocycles. The van der Waals surface area contributed by atoms with Crippen LogP contribution < -0.4 is 5.73 Å². The highest BCUT2D eigenvalue weighted by Crippen LogP contribution is 2.33. The minimum Gasteiger partial charge on any atom is -0.383 e. The van der Waals surface area contributed by atoms with Crippen LogP contribution >= 0.6 is 0 Å². The molecule has 0 atom stereocenters. The Balaban J connectivity index is 1.62. The number of benzene rings is 1. The van der Waals surface area contributed by atoms with Crippen LogP contribution in [0.2, 0.25) is 0 Å². The predicted molar refractivity (Wildman–Crippen MR) is 115 cm³/mol. The molecule has 4 rings (SSSR count). The molecule has 3 aromatic rings. The molecule has 160 valence electrons. The number of ether oxygens (including phenoxy) is 1. The fraction of sp³-hybridized carbons (Fsp3) is 0.304. The molecule has 0 bridgehead atoms. The quantitative estimate of drug-likeness (QED) is 0.678. The number of carbonyl (C=O) groups is 1. The van der Waals surface area contributed by atoms with Gasteiger partial charge in [-0.15, -0.1) is 0 Å². The summed E-state index contributed by atoms with van der Waals surface area (Å²) in [7, 11) is 1.59. The summed E-state index contributed by atoms with van der Waals surface area (Å²) < 4.78 is 20.0. The van der Waals surface area contributed by atoms with E-state index in [1.807, 2.05) is 6.07 Å². The van der Waals surface area contributed by atoms with Gasteiger partial charge in [0.2, 0.25) is 0 Å². The third kappa shape index (κ3) is 4.69. The lowest BCUT2D eigenvalue weighted by molar-refractivity contribution is 0.0777. The number of carbonyl (C=O) groups excluding carboxylic acids is 1. The molecule has 1 aliphatic heterocycles. The predicted octanol–water partition coefficient (Wildman–Crippen LogP) is 3.43. The van der Waals surface area contributed by atoms with Gasteiger partial charge in [0.05, 0.1) is 12.1 Å². The van der Waals surface area contributed by atoms with Gasteiger partial charge in [-0.05, 0) is 54.2 Å². The average Bonchev–Trinajstić information content (AvgIpc) is 2.80. The number of anilines is 1. The molecule has 0 aliphatic carbocycles. The number of hydrogen-bond acceptors (Lipinski definition) is 6. The molecule has 0 unspecified atom stereocenters. The van der Waals surface area contributed by atoms with E-state index in [4.69, 9.17) is 10.5 Å². The Hall–Kier alpha value is -3.39. The van der Waals surface area contributed by atoms with Crippen LogP contribution in [0.3, 0.4) is 0 Å². The summed E-state index contributed by atoms with van der Waals surface area (Å²) in [5, 5.41) is 0. The number of amides is 1. The number of nitrogens with zero attached hydrogens (tertiary/aromatic N) is 4. The van der Waals surface area contributed by atoms with Crippen LogP contribution in [-0.2, 0) is 11.3 Å². The molecule has 31 heavy (non-hydrogen) atoms. The second kappa shape index (κ2) is 9.18. The van der Waals surface area contributed by atoms with E-state index in [-0.39, 0.29) is 12.1 Å². The third-order valence-electron chi connectivity index (χ3n) is 5.48. The first-order valence-electron chi connectivity index (χ1n) is 10.2. The standard InChI is InChI=1S/C23H24FN5O2/c1-29(14-21-26-7-2-8-27-21)23(30)19-11-16(3-4-20(19)24)18-12-17(13-28-22(18)25)15-5-9-31-10-6-15/h2-4,7-8,11-13,15H,5-6,9-10,14H2,1H3,(H2,25,28). The summed E-state index contributed by atoms with van der Waals surface area (Å²) >= 11 is 0. The van der Waals surface area contributed by atoms with E-state index >= 15 is 0 Å². The number of halogens is 1. The molecule has 0 radical (unpaired) electrons. The van der Waals surface area contributed by atoms with Crippen LogP contribution in [0.5, 0.6) is 0 Å². The Bertz CT molecular complexity index is 1070. The van der Waals surface area contributed by atoms with E-state index in [9.17, 15) is 9.18 Å². The highest BCUT2D eigenvalue weighted by Gasteiger charge is 2.21. The lowest BCUT2D eigenvalue weighted by Crippen LogP contribution is -2.28. The van der Waals surface area contributed by atoms with Crippen molar-refractivity contribution in [2.45, 2.75) is 25.3 Å². The van der Waals surface area contributed by atoms with Gasteiger partial charge in [-0.25, -0.2) is 19.3 Å². The molecular formula is C23H24FN5O2. The Morgan fingerprint density at radius 3 is 2.68 bits per heavy atom. The van der Waals surface area contributed by atoms with Crippen LogP contribution in [0, 0.1) is 5.82 Å². The van der Waals surface area contributed by atoms with E-state index < -0.39 is 11.7 Å². The van der Waals surface area contributed by atoms with Crippen molar-refractivity contribution in [3.8, 4) is 11.1 Å². The molecule has 3 heterocycles. The van der Waals surface area contributed by atoms with Crippen molar-refractivity contribution in [2.75, 3.05) is 26.0 Å². The topological polar surface area (TPSA) is 94.2 Å². The van der Waals surface area contributed by atoms with Gasteiger partial charge in [0.15, 0.2) is 0 Å². The molecule has 1 aliphatic rings. The maximum Gasteiger partial charge on any atom is 0.256 e. The normalized spacial score (nSPS) is 14.4. The van der Waals surface area contributed by atoms with Crippen molar-refractivity contribution in [2.24, 2.45) is 0 Å². The molecule has 1 saturated heterocycles. The summed E-state index contributed by atoms with van der Waals surface area (Å²) in [6, 6.07) is 8.12. The first-order valence-corrected chi connectivity index (χ1v) is 10.2. The first-order chi connectivity index (χ1) is 15.0. The van der Waals surface area contributed by atoms with Gasteiger partial charge in [0.25, 0.3) is 5.91 Å². The molecule has 1 aromatic carbocycles. The molecule has 7 nitrogen and oxygen atoms in total. The fourth-order valence-electron chi connectivity index (χ4n) is 3.73. The zero-order chi connectivity index (χ0) is 21.8. The second-order valence-electron chi connectivity index (χ2n) is 7.61. The summed E-state index contributed by atoms with van der Waals surface area (Å²) in [6.07, 6.45) is 6.83. The van der Waals surface area contributed by atoms with Crippen LogP contribution in [0.4, 0.5) is 10.2 Å². The van der Waals surface area contributed by atoms with Gasteiger partial charge < -0.3 is 15.4 Å². The third-order valence-corrected chi connectivity index (χ3v) is 5.48. The molecular weight excluding hydrogens is 397 g/mol. The smallest absolute Gasteiger partial charge is 0.256 e. The molecule has 0 spiro atoms. The van der Waals surface area contributed by atoms with Gasteiger partial charge >= 0.3 is 0 Å². The number of nitrogens with two attached hydrogens (primary N) is 1. The Morgan fingerprint density at radius 1 is 1.19 bits per heavy atom. The maximum atomic E-state index is 14.6. The summed E-state index contributed by atoms with van der Waals surface area (Å²) in [6.45, 7) is 1.61. The number of rotatable bonds is 5. The molecule has 1 fully saturated rings. The first kappa shape index (κ1) is 20.9. The van der Waals surface area contributed by atoms with Crippen molar-refractivity contribution in [1.29, 1.82) is 0 Å². The van der Waals surface area contributed by atoms with Crippen LogP contribution in [0.15, 0.2) is 48.9 Å². The van der Waals surface area contributed by atoms with Gasteiger partial charge in [0.1, 0.15) is 17.5 Å². The van der Waals surface area contributed by atoms with Gasteiger partial charge in [-0.2, -0.15) is 0 Å². The van der Waals surface area contributed by atoms with E-state index in [0.717, 1.165) is 31.6 Å². The molecule has 8 heteroatoms. The minimum atomic E-state index is -0.596. The van der Waals surface area contributed by atoms with Crippen molar-refractivity contribution in [3.63, 3.8) is 0 Å². The molecule has 2 N–H and O–H groups in total. The van der Waals surface area contributed by atoms with E-state index in [1.165, 1.54) is 17.0 Å². The van der Waals surface area contributed by atoms with Crippen molar-refractivity contribution in [1.82, 2.24) is 19.9 Å². The van der Waals surface area contributed by atoms with Crippen molar-refractivity contribution in [3.05, 3.63) is 71.7 Å². The maximum absolute atomic E-state index is 14.6. The number of aromatic nitrogens is 3. The van der Waals surface area contributed by atoms with Crippen molar-refractivity contribution < 1.29 is 13.9 Å². The lowest BCUT2D eigenvalue weighted by atomic mass is 9.91.